The van der Waals surface area contributed by atoms with Gasteiger partial charge in [0.05, 0.1) is 12.1 Å². The van der Waals surface area contributed by atoms with Crippen molar-refractivity contribution in [1.29, 1.82) is 0 Å². The number of urea groups is 1. The number of nitrogens with one attached hydrogen (secondary N) is 1. The van der Waals surface area contributed by atoms with E-state index in [1.165, 1.54) is 11.3 Å². The van der Waals surface area contributed by atoms with Crippen molar-refractivity contribution in [2.75, 3.05) is 13.1 Å². The van der Waals surface area contributed by atoms with Gasteiger partial charge in [0.1, 0.15) is 0 Å². The van der Waals surface area contributed by atoms with E-state index in [0.29, 0.717) is 13.1 Å². The first kappa shape index (κ1) is 15.8. The molecule has 2 heterocycles. The van der Waals surface area contributed by atoms with Crippen molar-refractivity contribution in [3.63, 3.8) is 0 Å². The van der Waals surface area contributed by atoms with Crippen LogP contribution in [-0.4, -0.2) is 40.1 Å². The first-order valence-corrected chi connectivity index (χ1v) is 8.06. The third-order valence-electron chi connectivity index (χ3n) is 3.94. The van der Waals surface area contributed by atoms with Crippen LogP contribution in [0.4, 0.5) is 4.79 Å². The number of piperidine rings is 1. The van der Waals surface area contributed by atoms with Gasteiger partial charge in [0.15, 0.2) is 0 Å². The smallest absolute Gasteiger partial charge is 0.317 e. The molecule has 21 heavy (non-hydrogen) atoms. The van der Waals surface area contributed by atoms with Gasteiger partial charge in [-0.15, -0.1) is 11.3 Å². The number of nitrogens with zero attached hydrogens (tertiary/aromatic N) is 2. The first-order valence-electron chi connectivity index (χ1n) is 7.18. The molecular formula is C14H21N3O3S. The van der Waals surface area contributed by atoms with Crippen LogP contribution in [0.1, 0.15) is 31.1 Å². The number of hydrogen-bond acceptors (Lipinski definition) is 4. The summed E-state index contributed by atoms with van der Waals surface area (Å²) in [5.41, 5.74) is 1.74. The summed E-state index contributed by atoms with van der Waals surface area (Å²) >= 11 is 1.51. The Morgan fingerprint density at radius 2 is 2.43 bits per heavy atom. The second-order valence-electron chi connectivity index (χ2n) is 5.55. The highest BCUT2D eigenvalue weighted by molar-refractivity contribution is 7.09. The molecule has 0 saturated carbocycles. The van der Waals surface area contributed by atoms with Crippen molar-refractivity contribution in [1.82, 2.24) is 15.2 Å². The molecule has 0 spiro atoms. The molecule has 0 aromatic carbocycles. The van der Waals surface area contributed by atoms with Crippen LogP contribution in [0.3, 0.4) is 0 Å². The highest BCUT2D eigenvalue weighted by Gasteiger charge is 2.28. The minimum absolute atomic E-state index is 0.0735. The summed E-state index contributed by atoms with van der Waals surface area (Å²) in [5, 5.41) is 11.8. The van der Waals surface area contributed by atoms with Gasteiger partial charge in [-0.2, -0.15) is 0 Å². The van der Waals surface area contributed by atoms with Crippen molar-refractivity contribution in [3.8, 4) is 0 Å². The summed E-state index contributed by atoms with van der Waals surface area (Å²) in [7, 11) is 0. The lowest BCUT2D eigenvalue weighted by atomic mass is 9.85. The molecule has 7 heteroatoms. The maximum atomic E-state index is 12.2. The molecule has 2 unspecified atom stereocenters. The number of rotatable bonds is 5. The molecule has 1 saturated heterocycles. The Kier molecular flexibility index (Phi) is 5.55. The Bertz CT molecular complexity index is 478. The number of amides is 2. The quantitative estimate of drug-likeness (QED) is 0.873. The van der Waals surface area contributed by atoms with Gasteiger partial charge in [-0.05, 0) is 24.7 Å². The zero-order valence-corrected chi connectivity index (χ0v) is 12.9. The van der Waals surface area contributed by atoms with Gasteiger partial charge in [0.25, 0.3) is 0 Å². The zero-order chi connectivity index (χ0) is 15.2. The molecule has 1 fully saturated rings. The van der Waals surface area contributed by atoms with E-state index in [1.54, 1.807) is 16.6 Å². The average molecular weight is 311 g/mol. The predicted molar refractivity (Wildman–Crippen MR) is 80.1 cm³/mol. The highest BCUT2D eigenvalue weighted by Crippen LogP contribution is 2.26. The largest absolute Gasteiger partial charge is 0.481 e. The fourth-order valence-corrected chi connectivity index (χ4v) is 3.24. The van der Waals surface area contributed by atoms with Crippen molar-refractivity contribution >= 4 is 23.3 Å². The van der Waals surface area contributed by atoms with Crippen molar-refractivity contribution < 1.29 is 14.7 Å². The van der Waals surface area contributed by atoms with Gasteiger partial charge in [-0.1, -0.05) is 6.92 Å². The average Bonchev–Trinajstić information content (AvgIpc) is 2.97. The van der Waals surface area contributed by atoms with Crippen LogP contribution < -0.4 is 5.32 Å². The summed E-state index contributed by atoms with van der Waals surface area (Å²) in [5.74, 6) is -0.405. The molecular weight excluding hydrogens is 290 g/mol. The lowest BCUT2D eigenvalue weighted by Crippen LogP contribution is -2.46. The van der Waals surface area contributed by atoms with E-state index in [2.05, 4.69) is 10.3 Å². The third kappa shape index (κ3) is 4.70. The molecule has 1 aliphatic rings. The molecule has 2 N–H and O–H groups in total. The van der Waals surface area contributed by atoms with Gasteiger partial charge in [0.2, 0.25) is 0 Å². The van der Waals surface area contributed by atoms with E-state index >= 15 is 0 Å². The van der Waals surface area contributed by atoms with Gasteiger partial charge in [0, 0.05) is 30.6 Å². The van der Waals surface area contributed by atoms with E-state index in [-0.39, 0.29) is 24.3 Å². The Balaban J connectivity index is 1.82. The van der Waals surface area contributed by atoms with Crippen LogP contribution >= 0.6 is 11.3 Å². The van der Waals surface area contributed by atoms with Crippen molar-refractivity contribution in [2.45, 2.75) is 32.7 Å². The number of aliphatic carboxylic acids is 1. The summed E-state index contributed by atoms with van der Waals surface area (Å²) in [6, 6.07) is -0.0735. The molecule has 1 aromatic rings. The third-order valence-corrected chi connectivity index (χ3v) is 4.72. The van der Waals surface area contributed by atoms with E-state index in [0.717, 1.165) is 24.3 Å². The molecule has 1 aliphatic heterocycles. The van der Waals surface area contributed by atoms with Gasteiger partial charge < -0.3 is 15.3 Å². The van der Waals surface area contributed by atoms with E-state index < -0.39 is 5.97 Å². The van der Waals surface area contributed by atoms with Gasteiger partial charge in [-0.25, -0.2) is 4.79 Å². The maximum Gasteiger partial charge on any atom is 0.317 e. The number of carboxylic acid groups (broad SMARTS) is 1. The summed E-state index contributed by atoms with van der Waals surface area (Å²) < 4.78 is 0. The van der Waals surface area contributed by atoms with Crippen LogP contribution in [0.5, 0.6) is 0 Å². The number of thiazole rings is 1. The maximum absolute atomic E-state index is 12.2. The van der Waals surface area contributed by atoms with E-state index in [1.807, 2.05) is 6.92 Å². The standard InChI is InChI=1S/C14H21N3O3S/c1-10(5-13(18)19)11-3-2-4-17(8-11)14(20)16-7-12-6-15-9-21-12/h6,9-11H,2-5,7-8H2,1H3,(H,16,20)(H,18,19). The minimum atomic E-state index is -0.769. The highest BCUT2D eigenvalue weighted by atomic mass is 32.1. The molecule has 2 atom stereocenters. The molecule has 2 amide bonds. The van der Waals surface area contributed by atoms with Gasteiger partial charge in [-0.3, -0.25) is 9.78 Å². The Labute approximate surface area is 128 Å². The fraction of sp³-hybridized carbons (Fsp3) is 0.643. The van der Waals surface area contributed by atoms with Crippen molar-refractivity contribution in [2.24, 2.45) is 11.8 Å². The molecule has 1 aromatic heterocycles. The first-order chi connectivity index (χ1) is 10.1. The molecule has 116 valence electrons. The lowest BCUT2D eigenvalue weighted by Gasteiger charge is -2.35. The minimum Gasteiger partial charge on any atom is -0.481 e. The normalized spacial score (nSPS) is 20.0. The van der Waals surface area contributed by atoms with Crippen LogP contribution in [0.2, 0.25) is 0 Å². The van der Waals surface area contributed by atoms with Crippen LogP contribution in [-0.2, 0) is 11.3 Å². The summed E-state index contributed by atoms with van der Waals surface area (Å²) in [6.07, 6.45) is 3.84. The number of hydrogen-bond donors (Lipinski definition) is 2. The second-order valence-corrected chi connectivity index (χ2v) is 6.52. The molecule has 0 aliphatic carbocycles. The lowest BCUT2D eigenvalue weighted by molar-refractivity contribution is -0.138. The topological polar surface area (TPSA) is 82.5 Å². The predicted octanol–water partition coefficient (Wildman–Crippen LogP) is 2.18. The molecule has 2 rings (SSSR count). The van der Waals surface area contributed by atoms with E-state index in [4.69, 9.17) is 5.11 Å². The van der Waals surface area contributed by atoms with Crippen LogP contribution in [0.25, 0.3) is 0 Å². The number of carbonyl (C=O) groups excluding carboxylic acids is 1. The molecule has 6 nitrogen and oxygen atoms in total. The number of carboxylic acids is 1. The Morgan fingerprint density at radius 1 is 1.62 bits per heavy atom. The SMILES string of the molecule is CC(CC(=O)O)C1CCCN(C(=O)NCc2cncs2)C1. The number of carbonyl (C=O) groups is 2. The van der Waals surface area contributed by atoms with Crippen molar-refractivity contribution in [3.05, 3.63) is 16.6 Å². The van der Waals surface area contributed by atoms with E-state index in [9.17, 15) is 9.59 Å². The Hall–Kier alpha value is -1.63. The fourth-order valence-electron chi connectivity index (χ4n) is 2.70. The van der Waals surface area contributed by atoms with Gasteiger partial charge >= 0.3 is 12.0 Å². The Morgan fingerprint density at radius 3 is 3.10 bits per heavy atom. The molecule has 0 bridgehead atoms. The summed E-state index contributed by atoms with van der Waals surface area (Å²) in [6.45, 7) is 3.83. The van der Waals surface area contributed by atoms with Crippen LogP contribution in [0, 0.1) is 11.8 Å². The molecule has 0 radical (unpaired) electrons. The zero-order valence-electron chi connectivity index (χ0n) is 12.1. The summed E-state index contributed by atoms with van der Waals surface area (Å²) in [4.78, 5) is 29.8. The second kappa shape index (κ2) is 7.40. The monoisotopic (exact) mass is 311 g/mol. The number of aromatic nitrogens is 1. The number of likely N-dealkylation sites (tertiary alicyclic amines) is 1. The van der Waals surface area contributed by atoms with Crippen LogP contribution in [0.15, 0.2) is 11.7 Å².